The molecule has 0 unspecified atom stereocenters. The molecule has 0 spiro atoms. The maximum atomic E-state index is 12.9. The Labute approximate surface area is 207 Å². The number of hydrogen-bond donors (Lipinski definition) is 1. The molecule has 8 nitrogen and oxygen atoms in total. The number of benzene rings is 2. The molecule has 10 heteroatoms. The molecule has 1 fully saturated rings. The lowest BCUT2D eigenvalue weighted by molar-refractivity contribution is -0.120. The fourth-order valence-corrected chi connectivity index (χ4v) is 6.32. The number of furan rings is 1. The SMILES string of the molecule is COc1ccc2oc(-c3csc(NC(=O)C4CCN(S(=O)(=O)c5ccc(C)cc5)CC4)n3)cc2c1. The van der Waals surface area contributed by atoms with Gasteiger partial charge in [0.1, 0.15) is 17.0 Å². The van der Waals surface area contributed by atoms with E-state index in [1.807, 2.05) is 36.6 Å². The first-order valence-electron chi connectivity index (χ1n) is 11.2. The lowest BCUT2D eigenvalue weighted by Crippen LogP contribution is -2.41. The van der Waals surface area contributed by atoms with Crippen LogP contribution in [0.4, 0.5) is 5.13 Å². The molecule has 0 aliphatic carbocycles. The van der Waals surface area contributed by atoms with Gasteiger partial charge in [-0.1, -0.05) is 17.7 Å². The van der Waals surface area contributed by atoms with Crippen molar-refractivity contribution >= 4 is 43.4 Å². The lowest BCUT2D eigenvalue weighted by Gasteiger charge is -2.30. The smallest absolute Gasteiger partial charge is 0.243 e. The van der Waals surface area contributed by atoms with Crippen LogP contribution in [0.5, 0.6) is 5.75 Å². The molecule has 1 amide bonds. The van der Waals surface area contributed by atoms with E-state index in [4.69, 9.17) is 9.15 Å². The van der Waals surface area contributed by atoms with Crippen molar-refractivity contribution in [3.05, 3.63) is 59.5 Å². The van der Waals surface area contributed by atoms with Gasteiger partial charge in [-0.05, 0) is 56.2 Å². The zero-order valence-corrected chi connectivity index (χ0v) is 21.0. The lowest BCUT2D eigenvalue weighted by atomic mass is 9.97. The number of nitrogens with zero attached hydrogens (tertiary/aromatic N) is 2. The van der Waals surface area contributed by atoms with Gasteiger partial charge in [-0.2, -0.15) is 4.31 Å². The largest absolute Gasteiger partial charge is 0.497 e. The second kappa shape index (κ2) is 9.44. The van der Waals surface area contributed by atoms with Gasteiger partial charge in [0.15, 0.2) is 10.9 Å². The third kappa shape index (κ3) is 4.82. The van der Waals surface area contributed by atoms with Gasteiger partial charge in [-0.15, -0.1) is 11.3 Å². The summed E-state index contributed by atoms with van der Waals surface area (Å²) in [5.74, 6) is 0.937. The van der Waals surface area contributed by atoms with Crippen LogP contribution in [0.15, 0.2) is 63.2 Å². The zero-order valence-electron chi connectivity index (χ0n) is 19.4. The number of anilines is 1. The molecule has 1 aliphatic rings. The fraction of sp³-hybridized carbons (Fsp3) is 0.280. The van der Waals surface area contributed by atoms with Crippen molar-refractivity contribution in [1.82, 2.24) is 9.29 Å². The Bertz CT molecular complexity index is 1470. The van der Waals surface area contributed by atoms with Gasteiger partial charge >= 0.3 is 0 Å². The van der Waals surface area contributed by atoms with Crippen LogP contribution in [0.3, 0.4) is 0 Å². The Morgan fingerprint density at radius 3 is 2.60 bits per heavy atom. The highest BCUT2D eigenvalue weighted by Gasteiger charge is 2.32. The molecule has 35 heavy (non-hydrogen) atoms. The van der Waals surface area contributed by atoms with Crippen LogP contribution in [0, 0.1) is 12.8 Å². The minimum Gasteiger partial charge on any atom is -0.497 e. The third-order valence-electron chi connectivity index (χ3n) is 6.19. The summed E-state index contributed by atoms with van der Waals surface area (Å²) in [5.41, 5.74) is 2.37. The van der Waals surface area contributed by atoms with Crippen LogP contribution in [-0.4, -0.2) is 43.8 Å². The topological polar surface area (TPSA) is 102 Å². The normalized spacial score (nSPS) is 15.4. The van der Waals surface area contributed by atoms with E-state index in [1.54, 1.807) is 31.4 Å². The molecule has 0 radical (unpaired) electrons. The number of nitrogens with one attached hydrogen (secondary N) is 1. The molecule has 2 aromatic heterocycles. The van der Waals surface area contributed by atoms with Gasteiger partial charge in [0.2, 0.25) is 15.9 Å². The van der Waals surface area contributed by atoms with Crippen LogP contribution in [0.25, 0.3) is 22.4 Å². The van der Waals surface area contributed by atoms with Gasteiger partial charge in [0.05, 0.1) is 12.0 Å². The number of thiazole rings is 1. The predicted octanol–water partition coefficient (Wildman–Crippen LogP) is 4.91. The summed E-state index contributed by atoms with van der Waals surface area (Å²) in [7, 11) is -1.94. The Kier molecular flexibility index (Phi) is 6.35. The number of sulfonamides is 1. The quantitative estimate of drug-likeness (QED) is 0.395. The van der Waals surface area contributed by atoms with E-state index < -0.39 is 10.0 Å². The van der Waals surface area contributed by atoms with Crippen LogP contribution in [0.2, 0.25) is 0 Å². The highest BCUT2D eigenvalue weighted by atomic mass is 32.2. The molecule has 1 N–H and O–H groups in total. The molecule has 0 saturated carbocycles. The van der Waals surface area contributed by atoms with E-state index in [-0.39, 0.29) is 16.7 Å². The molecule has 0 bridgehead atoms. The van der Waals surface area contributed by atoms with Crippen molar-refractivity contribution in [3.63, 3.8) is 0 Å². The third-order valence-corrected chi connectivity index (χ3v) is 8.86. The number of piperidine rings is 1. The second-order valence-electron chi connectivity index (χ2n) is 8.53. The molecule has 0 atom stereocenters. The number of aryl methyl sites for hydroxylation is 1. The summed E-state index contributed by atoms with van der Waals surface area (Å²) in [6.45, 7) is 2.53. The monoisotopic (exact) mass is 511 g/mol. The molecule has 1 saturated heterocycles. The Morgan fingerprint density at radius 2 is 1.89 bits per heavy atom. The van der Waals surface area contributed by atoms with Crippen molar-refractivity contribution in [2.45, 2.75) is 24.7 Å². The predicted molar refractivity (Wildman–Crippen MR) is 135 cm³/mol. The van der Waals surface area contributed by atoms with Gasteiger partial charge in [0.25, 0.3) is 0 Å². The van der Waals surface area contributed by atoms with E-state index in [9.17, 15) is 13.2 Å². The highest BCUT2D eigenvalue weighted by molar-refractivity contribution is 7.89. The molecule has 4 aromatic rings. The molecule has 182 valence electrons. The van der Waals surface area contributed by atoms with E-state index in [0.717, 1.165) is 22.3 Å². The zero-order chi connectivity index (χ0) is 24.6. The van der Waals surface area contributed by atoms with Crippen LogP contribution >= 0.6 is 11.3 Å². The Hall–Kier alpha value is -3.21. The van der Waals surface area contributed by atoms with Crippen molar-refractivity contribution in [2.24, 2.45) is 5.92 Å². The molecular formula is C25H25N3O5S2. The number of carbonyl (C=O) groups excluding carboxylic acids is 1. The molecular weight excluding hydrogens is 486 g/mol. The van der Waals surface area contributed by atoms with E-state index in [1.165, 1.54) is 15.6 Å². The minimum atomic E-state index is -3.56. The number of carbonyl (C=O) groups is 1. The number of rotatable bonds is 6. The first-order chi connectivity index (χ1) is 16.8. The fourth-order valence-electron chi connectivity index (χ4n) is 4.14. The molecule has 5 rings (SSSR count). The first-order valence-corrected chi connectivity index (χ1v) is 13.6. The number of hydrogen-bond acceptors (Lipinski definition) is 7. The summed E-state index contributed by atoms with van der Waals surface area (Å²) in [5, 5.41) is 6.11. The van der Waals surface area contributed by atoms with Crippen LogP contribution < -0.4 is 10.1 Å². The van der Waals surface area contributed by atoms with Crippen LogP contribution in [-0.2, 0) is 14.8 Å². The average molecular weight is 512 g/mol. The van der Waals surface area contributed by atoms with E-state index >= 15 is 0 Å². The van der Waals surface area contributed by atoms with Crippen molar-refractivity contribution < 1.29 is 22.4 Å². The Morgan fingerprint density at radius 1 is 1.14 bits per heavy atom. The number of ether oxygens (including phenoxy) is 1. The summed E-state index contributed by atoms with van der Waals surface area (Å²) in [4.78, 5) is 17.6. The van der Waals surface area contributed by atoms with Crippen molar-refractivity contribution in [2.75, 3.05) is 25.5 Å². The van der Waals surface area contributed by atoms with Gasteiger partial charge in [0, 0.05) is 29.8 Å². The summed E-state index contributed by atoms with van der Waals surface area (Å²) >= 11 is 1.32. The minimum absolute atomic E-state index is 0.146. The maximum absolute atomic E-state index is 12.9. The van der Waals surface area contributed by atoms with Crippen LogP contribution in [0.1, 0.15) is 18.4 Å². The first kappa shape index (κ1) is 23.5. The Balaban J connectivity index is 1.21. The van der Waals surface area contributed by atoms with Crippen molar-refractivity contribution in [3.8, 4) is 17.2 Å². The molecule has 3 heterocycles. The number of methoxy groups -OCH3 is 1. The summed E-state index contributed by atoms with van der Waals surface area (Å²) < 4.78 is 38.4. The maximum Gasteiger partial charge on any atom is 0.243 e. The van der Waals surface area contributed by atoms with Gasteiger partial charge in [-0.25, -0.2) is 13.4 Å². The van der Waals surface area contributed by atoms with Crippen molar-refractivity contribution in [1.29, 1.82) is 0 Å². The number of aromatic nitrogens is 1. The standard InChI is InChI=1S/C25H25N3O5S2/c1-16-3-6-20(7-4-16)35(30,31)28-11-9-17(10-12-28)24(29)27-25-26-21(15-34-25)23-14-18-13-19(32-2)5-8-22(18)33-23/h3-8,13-15,17H,9-12H2,1-2H3,(H,26,27,29). The number of fused-ring (bicyclic) bond motifs is 1. The molecule has 2 aromatic carbocycles. The summed E-state index contributed by atoms with van der Waals surface area (Å²) in [6.07, 6.45) is 0.918. The van der Waals surface area contributed by atoms with E-state index in [0.29, 0.717) is 42.5 Å². The number of amides is 1. The second-order valence-corrected chi connectivity index (χ2v) is 11.3. The average Bonchev–Trinajstić information content (AvgIpc) is 3.50. The summed E-state index contributed by atoms with van der Waals surface area (Å²) in [6, 6.07) is 14.3. The highest BCUT2D eigenvalue weighted by Crippen LogP contribution is 2.32. The van der Waals surface area contributed by atoms with Gasteiger partial charge < -0.3 is 14.5 Å². The molecule has 1 aliphatic heterocycles. The van der Waals surface area contributed by atoms with Gasteiger partial charge in [-0.3, -0.25) is 4.79 Å². The van der Waals surface area contributed by atoms with E-state index in [2.05, 4.69) is 10.3 Å².